The lowest BCUT2D eigenvalue weighted by Crippen LogP contribution is -2.19. The minimum Gasteiger partial charge on any atom is -0.489 e. The van der Waals surface area contributed by atoms with Crippen molar-refractivity contribution in [3.8, 4) is 17.2 Å². The Hall–Kier alpha value is -4.85. The van der Waals surface area contributed by atoms with Crippen LogP contribution in [-0.4, -0.2) is 24.0 Å². The molecule has 0 radical (unpaired) electrons. The van der Waals surface area contributed by atoms with Gasteiger partial charge in [0.05, 0.1) is 0 Å². The summed E-state index contributed by atoms with van der Waals surface area (Å²) in [5.41, 5.74) is 3.73. The zero-order valence-corrected chi connectivity index (χ0v) is 19.9. The monoisotopic (exact) mass is 482 g/mol. The van der Waals surface area contributed by atoms with Gasteiger partial charge in [-0.2, -0.15) is 0 Å². The van der Waals surface area contributed by atoms with E-state index in [9.17, 15) is 9.59 Å². The summed E-state index contributed by atoms with van der Waals surface area (Å²) in [6, 6.07) is 25.0. The van der Waals surface area contributed by atoms with E-state index in [0.717, 1.165) is 11.1 Å². The second kappa shape index (κ2) is 11.5. The molecule has 0 unspecified atom stereocenters. The highest BCUT2D eigenvalue weighted by molar-refractivity contribution is 5.99. The number of hydrogen-bond donors (Lipinski definition) is 3. The molecule has 182 valence electrons. The molecule has 0 bridgehead atoms. The van der Waals surface area contributed by atoms with E-state index in [1.165, 1.54) is 13.2 Å². The first kappa shape index (κ1) is 24.3. The first-order chi connectivity index (χ1) is 17.5. The molecular formula is C28H26N4O4. The number of amides is 3. The van der Waals surface area contributed by atoms with Crippen LogP contribution in [0, 0.1) is 6.92 Å². The van der Waals surface area contributed by atoms with E-state index in [4.69, 9.17) is 9.47 Å². The fourth-order valence-corrected chi connectivity index (χ4v) is 3.36. The zero-order valence-electron chi connectivity index (χ0n) is 19.9. The summed E-state index contributed by atoms with van der Waals surface area (Å²) in [5, 5.41) is 8.12. The first-order valence-electron chi connectivity index (χ1n) is 11.3. The molecule has 8 heteroatoms. The highest BCUT2D eigenvalue weighted by Crippen LogP contribution is 2.24. The second-order valence-electron chi connectivity index (χ2n) is 7.90. The summed E-state index contributed by atoms with van der Waals surface area (Å²) >= 11 is 0. The molecule has 8 nitrogen and oxygen atoms in total. The largest absolute Gasteiger partial charge is 0.489 e. The van der Waals surface area contributed by atoms with Gasteiger partial charge in [-0.15, -0.1) is 0 Å². The number of aryl methyl sites for hydroxylation is 1. The molecular weight excluding hydrogens is 456 g/mol. The average molecular weight is 483 g/mol. The number of aromatic nitrogens is 1. The number of ether oxygens (including phenoxy) is 2. The van der Waals surface area contributed by atoms with Gasteiger partial charge in [0.15, 0.2) is 0 Å². The first-order valence-corrected chi connectivity index (χ1v) is 11.3. The minimum absolute atomic E-state index is 0.259. The summed E-state index contributed by atoms with van der Waals surface area (Å²) in [5.74, 6) is 1.39. The molecule has 1 aromatic heterocycles. The minimum atomic E-state index is -0.385. The van der Waals surface area contributed by atoms with Crippen LogP contribution in [-0.2, 0) is 6.61 Å². The SMILES string of the molecule is CNC(=O)c1cc(Oc2ccc(NC(=O)Nc3cccc(OCc4ccccc4C)c3)cc2)ccn1. The van der Waals surface area contributed by atoms with Crippen molar-refractivity contribution in [2.75, 3.05) is 17.7 Å². The molecule has 3 amide bonds. The Labute approximate surface area is 209 Å². The molecule has 0 saturated heterocycles. The molecule has 0 aliphatic heterocycles. The third kappa shape index (κ3) is 6.60. The number of urea groups is 1. The Morgan fingerprint density at radius 3 is 2.36 bits per heavy atom. The fourth-order valence-electron chi connectivity index (χ4n) is 3.36. The van der Waals surface area contributed by atoms with Crippen molar-refractivity contribution >= 4 is 23.3 Å². The quantitative estimate of drug-likeness (QED) is 0.296. The Kier molecular flexibility index (Phi) is 7.77. The molecule has 0 fully saturated rings. The summed E-state index contributed by atoms with van der Waals surface area (Å²) in [6.07, 6.45) is 1.50. The van der Waals surface area contributed by atoms with Crippen molar-refractivity contribution in [1.29, 1.82) is 0 Å². The molecule has 3 N–H and O–H groups in total. The topological polar surface area (TPSA) is 102 Å². The predicted molar refractivity (Wildman–Crippen MR) is 139 cm³/mol. The van der Waals surface area contributed by atoms with Crippen LogP contribution in [0.5, 0.6) is 17.2 Å². The maximum Gasteiger partial charge on any atom is 0.323 e. The molecule has 0 spiro atoms. The Balaban J connectivity index is 1.31. The Bertz CT molecular complexity index is 1360. The van der Waals surface area contributed by atoms with E-state index in [-0.39, 0.29) is 17.6 Å². The van der Waals surface area contributed by atoms with Gasteiger partial charge < -0.3 is 25.4 Å². The Morgan fingerprint density at radius 2 is 1.58 bits per heavy atom. The van der Waals surface area contributed by atoms with Gasteiger partial charge in [0.1, 0.15) is 29.5 Å². The van der Waals surface area contributed by atoms with Crippen molar-refractivity contribution in [2.24, 2.45) is 0 Å². The standard InChI is InChI=1S/C28H26N4O4/c1-19-6-3-4-7-20(19)18-35-24-9-5-8-22(16-24)32-28(34)31-21-10-12-23(13-11-21)36-25-14-15-30-26(17-25)27(33)29-2/h3-17H,18H2,1-2H3,(H,29,33)(H2,31,32,34). The second-order valence-corrected chi connectivity index (χ2v) is 7.90. The van der Waals surface area contributed by atoms with Gasteiger partial charge in [-0.3, -0.25) is 9.78 Å². The van der Waals surface area contributed by atoms with Gasteiger partial charge >= 0.3 is 6.03 Å². The van der Waals surface area contributed by atoms with Crippen molar-refractivity contribution < 1.29 is 19.1 Å². The van der Waals surface area contributed by atoms with E-state index in [2.05, 4.69) is 20.9 Å². The molecule has 4 rings (SSSR count). The average Bonchev–Trinajstić information content (AvgIpc) is 2.89. The molecule has 0 saturated carbocycles. The normalized spacial score (nSPS) is 10.3. The van der Waals surface area contributed by atoms with Gasteiger partial charge in [0.2, 0.25) is 0 Å². The summed E-state index contributed by atoms with van der Waals surface area (Å²) in [6.45, 7) is 2.49. The van der Waals surface area contributed by atoms with Gasteiger partial charge in [-0.05, 0) is 60.5 Å². The number of rotatable bonds is 8. The molecule has 3 aromatic carbocycles. The van der Waals surface area contributed by atoms with Crippen LogP contribution in [0.3, 0.4) is 0 Å². The van der Waals surface area contributed by atoms with E-state index in [1.807, 2.05) is 43.3 Å². The summed E-state index contributed by atoms with van der Waals surface area (Å²) < 4.78 is 11.7. The van der Waals surface area contributed by atoms with Crippen LogP contribution in [0.25, 0.3) is 0 Å². The van der Waals surface area contributed by atoms with Crippen molar-refractivity contribution in [3.63, 3.8) is 0 Å². The van der Waals surface area contributed by atoms with Crippen molar-refractivity contribution in [3.05, 3.63) is 108 Å². The van der Waals surface area contributed by atoms with Crippen LogP contribution in [0.15, 0.2) is 91.1 Å². The van der Waals surface area contributed by atoms with Crippen LogP contribution in [0.4, 0.5) is 16.2 Å². The van der Waals surface area contributed by atoms with Gasteiger partial charge in [-0.1, -0.05) is 30.3 Å². The number of nitrogens with zero attached hydrogens (tertiary/aromatic N) is 1. The molecule has 0 aliphatic rings. The number of carbonyl (C=O) groups excluding carboxylic acids is 2. The van der Waals surface area contributed by atoms with Gasteiger partial charge in [0, 0.05) is 36.8 Å². The lowest BCUT2D eigenvalue weighted by atomic mass is 10.1. The Morgan fingerprint density at radius 1 is 0.806 bits per heavy atom. The number of benzene rings is 3. The fraction of sp³-hybridized carbons (Fsp3) is 0.107. The van der Waals surface area contributed by atoms with Gasteiger partial charge in [0.25, 0.3) is 5.91 Å². The predicted octanol–water partition coefficient (Wildman–Crippen LogP) is 5.76. The number of pyridine rings is 1. The van der Waals surface area contributed by atoms with Crippen LogP contribution < -0.4 is 25.4 Å². The summed E-state index contributed by atoms with van der Waals surface area (Å²) in [7, 11) is 1.54. The summed E-state index contributed by atoms with van der Waals surface area (Å²) in [4.78, 5) is 28.2. The molecule has 0 aliphatic carbocycles. The number of anilines is 2. The zero-order chi connectivity index (χ0) is 25.3. The van der Waals surface area contributed by atoms with Crippen LogP contribution in [0.1, 0.15) is 21.6 Å². The van der Waals surface area contributed by atoms with Crippen molar-refractivity contribution in [2.45, 2.75) is 13.5 Å². The van der Waals surface area contributed by atoms with E-state index >= 15 is 0 Å². The number of nitrogens with one attached hydrogen (secondary N) is 3. The van der Waals surface area contributed by atoms with E-state index in [0.29, 0.717) is 35.2 Å². The molecule has 0 atom stereocenters. The van der Waals surface area contributed by atoms with Crippen LogP contribution >= 0.6 is 0 Å². The maximum atomic E-state index is 12.5. The maximum absolute atomic E-state index is 12.5. The van der Waals surface area contributed by atoms with E-state index in [1.54, 1.807) is 48.5 Å². The van der Waals surface area contributed by atoms with E-state index < -0.39 is 0 Å². The lowest BCUT2D eigenvalue weighted by Gasteiger charge is -2.12. The molecule has 1 heterocycles. The van der Waals surface area contributed by atoms with Crippen LogP contribution in [0.2, 0.25) is 0 Å². The number of hydrogen-bond acceptors (Lipinski definition) is 5. The highest BCUT2D eigenvalue weighted by atomic mass is 16.5. The highest BCUT2D eigenvalue weighted by Gasteiger charge is 2.08. The van der Waals surface area contributed by atoms with Gasteiger partial charge in [-0.25, -0.2) is 4.79 Å². The third-order valence-corrected chi connectivity index (χ3v) is 5.29. The molecule has 4 aromatic rings. The van der Waals surface area contributed by atoms with Crippen molar-refractivity contribution in [1.82, 2.24) is 10.3 Å². The lowest BCUT2D eigenvalue weighted by molar-refractivity contribution is 0.0958. The third-order valence-electron chi connectivity index (χ3n) is 5.29. The smallest absolute Gasteiger partial charge is 0.323 e. The number of carbonyl (C=O) groups is 2. The molecule has 36 heavy (non-hydrogen) atoms.